The Morgan fingerprint density at radius 3 is 2.97 bits per heavy atom. The van der Waals surface area contributed by atoms with E-state index in [1.165, 1.54) is 16.2 Å². The molecule has 1 aliphatic rings. The minimum Gasteiger partial charge on any atom is -0.480 e. The van der Waals surface area contributed by atoms with Crippen LogP contribution in [0.3, 0.4) is 0 Å². The van der Waals surface area contributed by atoms with Crippen LogP contribution in [0.1, 0.15) is 35.0 Å². The molecule has 5 nitrogen and oxygen atoms in total. The summed E-state index contributed by atoms with van der Waals surface area (Å²) in [5.74, 6) is 0.547. The minimum atomic E-state index is -0.357. The van der Waals surface area contributed by atoms with Crippen LogP contribution in [0, 0.1) is 24.2 Å². The number of aryl methyl sites for hydroxylation is 1. The third kappa shape index (κ3) is 3.98. The van der Waals surface area contributed by atoms with Crippen LogP contribution in [0.5, 0.6) is 5.75 Å². The molecule has 3 aromatic rings. The number of carbonyl (C=O) groups excluding carboxylic acids is 1. The van der Waals surface area contributed by atoms with E-state index in [0.29, 0.717) is 38.2 Å². The molecule has 1 amide bonds. The summed E-state index contributed by atoms with van der Waals surface area (Å²) in [5.41, 5.74) is 2.94. The lowest BCUT2D eigenvalue weighted by molar-refractivity contribution is -0.118. The Balaban J connectivity index is 1.54. The number of benzene rings is 1. The molecule has 0 radical (unpaired) electrons. The fraction of sp³-hybridized carbons (Fsp3) is 0.318. The normalized spacial score (nSPS) is 15.5. The third-order valence-corrected chi connectivity index (χ3v) is 6.96. The van der Waals surface area contributed by atoms with Gasteiger partial charge in [0.2, 0.25) is 0 Å². The Morgan fingerprint density at radius 2 is 2.20 bits per heavy atom. The lowest BCUT2D eigenvalue weighted by Gasteiger charge is -2.17. The molecule has 8 heteroatoms. The highest BCUT2D eigenvalue weighted by atomic mass is 35.5. The molecule has 154 valence electrons. The zero-order valence-corrected chi connectivity index (χ0v) is 18.8. The van der Waals surface area contributed by atoms with Crippen molar-refractivity contribution >= 4 is 56.3 Å². The van der Waals surface area contributed by atoms with Crippen molar-refractivity contribution in [2.45, 2.75) is 33.1 Å². The predicted octanol–water partition coefficient (Wildman–Crippen LogP) is 5.93. The van der Waals surface area contributed by atoms with Gasteiger partial charge in [-0.05, 0) is 55.9 Å². The Hall–Kier alpha value is -2.33. The van der Waals surface area contributed by atoms with Crippen LogP contribution in [0.2, 0.25) is 10.0 Å². The number of nitrogens with one attached hydrogen (secondary N) is 1. The first kappa shape index (κ1) is 20.9. The van der Waals surface area contributed by atoms with Crippen molar-refractivity contribution in [3.8, 4) is 11.8 Å². The number of hydrogen-bond donors (Lipinski definition) is 1. The largest absolute Gasteiger partial charge is 0.480 e. The number of nitrogens with zero attached hydrogens (tertiary/aromatic N) is 2. The number of halogens is 2. The second-order valence-electron chi connectivity index (χ2n) is 7.52. The molecule has 0 saturated heterocycles. The molecule has 0 fully saturated rings. The summed E-state index contributed by atoms with van der Waals surface area (Å²) >= 11 is 14.1. The minimum absolute atomic E-state index is 0.254. The van der Waals surface area contributed by atoms with E-state index in [-0.39, 0.29) is 17.5 Å². The zero-order chi connectivity index (χ0) is 21.4. The van der Waals surface area contributed by atoms with Crippen LogP contribution < -0.4 is 10.1 Å². The average Bonchev–Trinajstić information content (AvgIpc) is 3.03. The van der Waals surface area contributed by atoms with E-state index >= 15 is 0 Å². The van der Waals surface area contributed by atoms with Gasteiger partial charge in [-0.15, -0.1) is 11.3 Å². The standard InChI is InChI=1S/C22H19Cl2N3O2S/c1-11-3-5-13-15(9-25)22(30-18(13)7-11)27-19(28)10-29-21-17(24)8-16(23)14-6-4-12(2)26-20(14)21/h4,6,8,11H,3,5,7,10H2,1-2H3,(H,27,28)/t11-/m1/s1. The summed E-state index contributed by atoms with van der Waals surface area (Å²) in [5, 5.41) is 14.5. The summed E-state index contributed by atoms with van der Waals surface area (Å²) in [6, 6.07) is 7.53. The predicted molar refractivity (Wildman–Crippen MR) is 121 cm³/mol. The molecule has 2 aromatic heterocycles. The molecule has 0 spiro atoms. The second kappa shape index (κ2) is 8.43. The van der Waals surface area contributed by atoms with Gasteiger partial charge in [-0.1, -0.05) is 30.1 Å². The van der Waals surface area contributed by atoms with Crippen LogP contribution >= 0.6 is 34.5 Å². The van der Waals surface area contributed by atoms with Crippen molar-refractivity contribution < 1.29 is 9.53 Å². The first-order valence-corrected chi connectivity index (χ1v) is 11.2. The van der Waals surface area contributed by atoms with Gasteiger partial charge in [0, 0.05) is 16.0 Å². The molecular weight excluding hydrogens is 441 g/mol. The quantitative estimate of drug-likeness (QED) is 0.524. The summed E-state index contributed by atoms with van der Waals surface area (Å²) < 4.78 is 5.74. The molecule has 4 rings (SSSR count). The van der Waals surface area contributed by atoms with Crippen molar-refractivity contribution in [3.05, 3.63) is 49.9 Å². The molecule has 1 atom stereocenters. The highest BCUT2D eigenvalue weighted by Crippen LogP contribution is 2.40. The number of fused-ring (bicyclic) bond motifs is 2. The Kier molecular flexibility index (Phi) is 5.88. The smallest absolute Gasteiger partial charge is 0.262 e. The SMILES string of the molecule is Cc1ccc2c(Cl)cc(Cl)c(OCC(=O)Nc3sc4c(c3C#N)CC[C@@H](C)C4)c2n1. The number of carbonyl (C=O) groups is 1. The van der Waals surface area contributed by atoms with Gasteiger partial charge in [0.25, 0.3) is 5.91 Å². The maximum Gasteiger partial charge on any atom is 0.262 e. The Labute approximate surface area is 188 Å². The number of hydrogen-bond acceptors (Lipinski definition) is 5. The average molecular weight is 460 g/mol. The van der Waals surface area contributed by atoms with Crippen molar-refractivity contribution in [1.82, 2.24) is 4.98 Å². The number of thiophene rings is 1. The molecule has 0 unspecified atom stereocenters. The van der Waals surface area contributed by atoms with E-state index in [2.05, 4.69) is 23.3 Å². The van der Waals surface area contributed by atoms with Gasteiger partial charge in [-0.2, -0.15) is 5.26 Å². The highest BCUT2D eigenvalue weighted by molar-refractivity contribution is 7.16. The van der Waals surface area contributed by atoms with E-state index in [0.717, 1.165) is 30.5 Å². The van der Waals surface area contributed by atoms with Gasteiger partial charge in [0.05, 0.1) is 15.6 Å². The van der Waals surface area contributed by atoms with Crippen LogP contribution in [0.25, 0.3) is 10.9 Å². The number of anilines is 1. The maximum atomic E-state index is 12.6. The Morgan fingerprint density at radius 1 is 1.40 bits per heavy atom. The van der Waals surface area contributed by atoms with Gasteiger partial charge in [0.1, 0.15) is 16.6 Å². The number of amides is 1. The number of pyridine rings is 1. The Bertz CT molecular complexity index is 1200. The van der Waals surface area contributed by atoms with E-state index in [1.807, 2.05) is 19.1 Å². The first-order chi connectivity index (χ1) is 14.4. The lowest BCUT2D eigenvalue weighted by Crippen LogP contribution is -2.20. The van der Waals surface area contributed by atoms with Gasteiger partial charge in [-0.3, -0.25) is 4.79 Å². The molecule has 2 heterocycles. The molecular formula is C22H19Cl2N3O2S. The van der Waals surface area contributed by atoms with Gasteiger partial charge >= 0.3 is 0 Å². The van der Waals surface area contributed by atoms with E-state index < -0.39 is 0 Å². The fourth-order valence-electron chi connectivity index (χ4n) is 3.69. The summed E-state index contributed by atoms with van der Waals surface area (Å²) in [4.78, 5) is 18.2. The first-order valence-electron chi connectivity index (χ1n) is 9.60. The number of aromatic nitrogens is 1. The van der Waals surface area contributed by atoms with Crippen LogP contribution in [-0.4, -0.2) is 17.5 Å². The molecule has 1 aliphatic carbocycles. The van der Waals surface area contributed by atoms with Crippen LogP contribution in [-0.2, 0) is 17.6 Å². The van der Waals surface area contributed by atoms with Crippen molar-refractivity contribution in [2.24, 2.45) is 5.92 Å². The lowest BCUT2D eigenvalue weighted by atomic mass is 9.89. The second-order valence-corrected chi connectivity index (χ2v) is 9.44. The molecule has 30 heavy (non-hydrogen) atoms. The van der Waals surface area contributed by atoms with E-state index in [4.69, 9.17) is 27.9 Å². The number of nitriles is 1. The molecule has 1 aromatic carbocycles. The van der Waals surface area contributed by atoms with E-state index in [1.54, 1.807) is 6.07 Å². The number of rotatable bonds is 4. The monoisotopic (exact) mass is 459 g/mol. The van der Waals surface area contributed by atoms with Crippen LogP contribution in [0.4, 0.5) is 5.00 Å². The fourth-order valence-corrected chi connectivity index (χ4v) is 5.63. The van der Waals surface area contributed by atoms with Crippen molar-refractivity contribution in [2.75, 3.05) is 11.9 Å². The molecule has 1 N–H and O–H groups in total. The van der Waals surface area contributed by atoms with Crippen LogP contribution in [0.15, 0.2) is 18.2 Å². The number of ether oxygens (including phenoxy) is 1. The van der Waals surface area contributed by atoms with Gasteiger partial charge in [-0.25, -0.2) is 4.98 Å². The third-order valence-electron chi connectivity index (χ3n) is 5.20. The van der Waals surface area contributed by atoms with Crippen molar-refractivity contribution in [1.29, 1.82) is 5.26 Å². The summed E-state index contributed by atoms with van der Waals surface area (Å²) in [6.07, 6.45) is 2.88. The van der Waals surface area contributed by atoms with E-state index in [9.17, 15) is 10.1 Å². The summed E-state index contributed by atoms with van der Waals surface area (Å²) in [6.45, 7) is 3.81. The van der Waals surface area contributed by atoms with Gasteiger partial charge in [0.15, 0.2) is 12.4 Å². The molecule has 0 aliphatic heterocycles. The molecule has 0 saturated carbocycles. The zero-order valence-electron chi connectivity index (χ0n) is 16.5. The maximum absolute atomic E-state index is 12.6. The van der Waals surface area contributed by atoms with Crippen molar-refractivity contribution in [3.63, 3.8) is 0 Å². The highest BCUT2D eigenvalue weighted by Gasteiger charge is 2.25. The summed E-state index contributed by atoms with van der Waals surface area (Å²) in [7, 11) is 0. The molecule has 0 bridgehead atoms. The van der Waals surface area contributed by atoms with Gasteiger partial charge < -0.3 is 10.1 Å². The topological polar surface area (TPSA) is 75.0 Å².